The van der Waals surface area contributed by atoms with E-state index in [1.54, 1.807) is 41.0 Å². The molecule has 8 nitrogen and oxygen atoms in total. The highest BCUT2D eigenvalue weighted by atomic mass is 35.5. The molecule has 178 valence electrons. The average molecular weight is 484 g/mol. The number of aldehydes is 1. The maximum atomic E-state index is 12.6. The molecule has 34 heavy (non-hydrogen) atoms. The van der Waals surface area contributed by atoms with Gasteiger partial charge in [0.15, 0.2) is 11.8 Å². The van der Waals surface area contributed by atoms with Crippen molar-refractivity contribution in [3.8, 4) is 0 Å². The molecule has 0 saturated carbocycles. The first-order valence-electron chi connectivity index (χ1n) is 11.1. The molecule has 2 aromatic rings. The van der Waals surface area contributed by atoms with E-state index in [2.05, 4.69) is 5.32 Å². The van der Waals surface area contributed by atoms with E-state index in [4.69, 9.17) is 16.3 Å². The summed E-state index contributed by atoms with van der Waals surface area (Å²) in [6, 6.07) is 12.4. The van der Waals surface area contributed by atoms with Gasteiger partial charge in [0.25, 0.3) is 5.91 Å². The Bertz CT molecular complexity index is 1110. The minimum Gasteiger partial charge on any atom is -0.430 e. The molecule has 1 spiro atoms. The minimum absolute atomic E-state index is 0.274. The SMILES string of the molecule is CC(Cl)OC(=O)N1CCC2(CC1)CN(C=O)c1ccc(CNC(=O)c3ccccc3C=O)cc12. The van der Waals surface area contributed by atoms with Crippen LogP contribution < -0.4 is 10.2 Å². The van der Waals surface area contributed by atoms with Crippen LogP contribution in [0.15, 0.2) is 42.5 Å². The number of halogens is 1. The highest BCUT2D eigenvalue weighted by Gasteiger charge is 2.45. The molecular formula is C25H26ClN3O5. The van der Waals surface area contributed by atoms with E-state index in [1.807, 2.05) is 18.2 Å². The standard InChI is InChI=1S/C25H26ClN3O5/c1-17(26)34-24(33)28-10-8-25(9-11-28)15-29(16-31)22-7-6-18(12-21(22)25)13-27-23(32)20-5-3-2-4-19(20)14-30/h2-7,12,14,16-17H,8-11,13,15H2,1H3,(H,27,32). The van der Waals surface area contributed by atoms with E-state index in [1.165, 1.54) is 0 Å². The van der Waals surface area contributed by atoms with Crippen LogP contribution in [0, 0.1) is 0 Å². The Morgan fingerprint density at radius 3 is 2.59 bits per heavy atom. The topological polar surface area (TPSA) is 96.0 Å². The highest BCUT2D eigenvalue weighted by Crippen LogP contribution is 2.47. The summed E-state index contributed by atoms with van der Waals surface area (Å²) in [5.74, 6) is -0.326. The zero-order chi connectivity index (χ0) is 24.3. The molecule has 1 fully saturated rings. The van der Waals surface area contributed by atoms with Crippen LogP contribution >= 0.6 is 11.6 Å². The number of likely N-dealkylation sites (tertiary alicyclic amines) is 1. The summed E-state index contributed by atoms with van der Waals surface area (Å²) < 4.78 is 5.10. The maximum absolute atomic E-state index is 12.6. The molecule has 1 saturated heterocycles. The predicted molar refractivity (Wildman–Crippen MR) is 127 cm³/mol. The van der Waals surface area contributed by atoms with E-state index < -0.39 is 11.7 Å². The first-order chi connectivity index (χ1) is 16.4. The van der Waals surface area contributed by atoms with Gasteiger partial charge in [0.2, 0.25) is 6.41 Å². The molecule has 9 heteroatoms. The van der Waals surface area contributed by atoms with Crippen molar-refractivity contribution in [3.63, 3.8) is 0 Å². The van der Waals surface area contributed by atoms with Crippen LogP contribution in [-0.4, -0.2) is 54.8 Å². The summed E-state index contributed by atoms with van der Waals surface area (Å²) >= 11 is 5.78. The fourth-order valence-corrected chi connectivity index (χ4v) is 4.88. The number of fused-ring (bicyclic) bond motifs is 2. The number of benzene rings is 2. The smallest absolute Gasteiger partial charge is 0.411 e. The van der Waals surface area contributed by atoms with E-state index in [9.17, 15) is 19.2 Å². The van der Waals surface area contributed by atoms with Crippen LogP contribution in [0.2, 0.25) is 0 Å². The number of carbonyl (C=O) groups is 4. The van der Waals surface area contributed by atoms with Crippen LogP contribution in [0.25, 0.3) is 0 Å². The third-order valence-electron chi connectivity index (χ3n) is 6.57. The first kappa shape index (κ1) is 23.8. The van der Waals surface area contributed by atoms with Crippen LogP contribution in [0.4, 0.5) is 10.5 Å². The summed E-state index contributed by atoms with van der Waals surface area (Å²) in [4.78, 5) is 51.2. The molecule has 2 aromatic carbocycles. The Labute approximate surface area is 202 Å². The summed E-state index contributed by atoms with van der Waals surface area (Å²) in [5, 5.41) is 2.87. The van der Waals surface area contributed by atoms with Crippen molar-refractivity contribution in [2.45, 2.75) is 37.3 Å². The fourth-order valence-electron chi connectivity index (χ4n) is 4.80. The number of nitrogens with one attached hydrogen (secondary N) is 1. The Morgan fingerprint density at radius 1 is 1.18 bits per heavy atom. The molecule has 0 aliphatic carbocycles. The summed E-state index contributed by atoms with van der Waals surface area (Å²) in [6.07, 6.45) is 2.42. The van der Waals surface area contributed by atoms with E-state index in [0.717, 1.165) is 23.2 Å². The predicted octanol–water partition coefficient (Wildman–Crippen LogP) is 3.46. The number of rotatable bonds is 6. The van der Waals surface area contributed by atoms with Crippen molar-refractivity contribution in [2.75, 3.05) is 24.5 Å². The van der Waals surface area contributed by atoms with Crippen LogP contribution in [0.5, 0.6) is 0 Å². The molecule has 4 rings (SSSR count). The number of amides is 3. The monoisotopic (exact) mass is 483 g/mol. The maximum Gasteiger partial charge on any atom is 0.411 e. The largest absolute Gasteiger partial charge is 0.430 e. The van der Waals surface area contributed by atoms with E-state index in [0.29, 0.717) is 49.9 Å². The van der Waals surface area contributed by atoms with Gasteiger partial charge in [0.05, 0.1) is 0 Å². The average Bonchev–Trinajstić information content (AvgIpc) is 3.15. The number of nitrogens with zero attached hydrogens (tertiary/aromatic N) is 2. The van der Waals surface area contributed by atoms with E-state index >= 15 is 0 Å². The first-order valence-corrected chi connectivity index (χ1v) is 11.6. The van der Waals surface area contributed by atoms with Gasteiger partial charge in [-0.15, -0.1) is 0 Å². The molecule has 0 aromatic heterocycles. The molecule has 3 amide bonds. The van der Waals surface area contributed by atoms with Crippen molar-refractivity contribution in [1.29, 1.82) is 0 Å². The lowest BCUT2D eigenvalue weighted by molar-refractivity contribution is -0.107. The minimum atomic E-state index is -0.697. The van der Waals surface area contributed by atoms with Crippen LogP contribution in [-0.2, 0) is 21.5 Å². The molecule has 0 radical (unpaired) electrons. The van der Waals surface area contributed by atoms with Crippen molar-refractivity contribution in [1.82, 2.24) is 10.2 Å². The lowest BCUT2D eigenvalue weighted by Gasteiger charge is -2.39. The fraction of sp³-hybridized carbons (Fsp3) is 0.360. The van der Waals surface area contributed by atoms with Gasteiger partial charge in [0, 0.05) is 48.4 Å². The van der Waals surface area contributed by atoms with Gasteiger partial charge in [-0.1, -0.05) is 41.9 Å². The summed E-state index contributed by atoms with van der Waals surface area (Å²) in [6.45, 7) is 3.42. The molecular weight excluding hydrogens is 458 g/mol. The van der Waals surface area contributed by atoms with Gasteiger partial charge >= 0.3 is 6.09 Å². The molecule has 2 aliphatic heterocycles. The van der Waals surface area contributed by atoms with Crippen LogP contribution in [0.3, 0.4) is 0 Å². The molecule has 1 N–H and O–H groups in total. The number of anilines is 1. The lowest BCUT2D eigenvalue weighted by atomic mass is 9.74. The van der Waals surface area contributed by atoms with Crippen molar-refractivity contribution < 1.29 is 23.9 Å². The Hall–Kier alpha value is -3.39. The lowest BCUT2D eigenvalue weighted by Crippen LogP contribution is -2.47. The summed E-state index contributed by atoms with van der Waals surface area (Å²) in [7, 11) is 0. The van der Waals surface area contributed by atoms with Gasteiger partial charge in [-0.05, 0) is 43.0 Å². The quantitative estimate of drug-likeness (QED) is 0.501. The van der Waals surface area contributed by atoms with Crippen LogP contribution in [0.1, 0.15) is 51.6 Å². The zero-order valence-corrected chi connectivity index (χ0v) is 19.6. The second-order valence-corrected chi connectivity index (χ2v) is 9.28. The third kappa shape index (κ3) is 4.63. The van der Waals surface area contributed by atoms with Gasteiger partial charge in [-0.3, -0.25) is 14.4 Å². The zero-order valence-electron chi connectivity index (χ0n) is 18.8. The van der Waals surface area contributed by atoms with E-state index in [-0.39, 0.29) is 17.9 Å². The molecule has 2 heterocycles. The number of hydrogen-bond acceptors (Lipinski definition) is 5. The Balaban J connectivity index is 1.50. The third-order valence-corrected chi connectivity index (χ3v) is 6.66. The van der Waals surface area contributed by atoms with Crippen molar-refractivity contribution in [3.05, 3.63) is 64.7 Å². The number of carbonyl (C=O) groups excluding carboxylic acids is 4. The van der Waals surface area contributed by atoms with Gasteiger partial charge < -0.3 is 19.9 Å². The second-order valence-electron chi connectivity index (χ2n) is 8.67. The molecule has 1 atom stereocenters. The molecule has 0 bridgehead atoms. The van der Waals surface area contributed by atoms with Gasteiger partial charge in [0.1, 0.15) is 0 Å². The Kier molecular flexibility index (Phi) is 6.88. The summed E-state index contributed by atoms with van der Waals surface area (Å²) in [5.41, 5.74) is 2.47. The molecule has 2 aliphatic rings. The van der Waals surface area contributed by atoms with Crippen molar-refractivity contribution in [2.24, 2.45) is 0 Å². The number of piperidine rings is 1. The number of hydrogen-bond donors (Lipinski definition) is 1. The van der Waals surface area contributed by atoms with Crippen molar-refractivity contribution >= 4 is 42.0 Å². The highest BCUT2D eigenvalue weighted by molar-refractivity contribution is 6.19. The number of alkyl halides is 1. The normalized spacial score (nSPS) is 17.1. The van der Waals surface area contributed by atoms with Gasteiger partial charge in [-0.25, -0.2) is 4.79 Å². The molecule has 1 unspecified atom stereocenters. The number of ether oxygens (including phenoxy) is 1. The second kappa shape index (κ2) is 9.85. The Morgan fingerprint density at radius 2 is 1.91 bits per heavy atom. The van der Waals surface area contributed by atoms with Gasteiger partial charge in [-0.2, -0.15) is 0 Å².